The number of furan rings is 1. The van der Waals surface area contributed by atoms with Gasteiger partial charge in [0.05, 0.1) is 11.8 Å². The van der Waals surface area contributed by atoms with Crippen LogP contribution in [0, 0.1) is 5.92 Å². The van der Waals surface area contributed by atoms with E-state index in [-0.39, 0.29) is 11.9 Å². The standard InChI is InChI=1S/C13H20N2O2/c1-3-12-10(5-7-17-12)13(16)15-6-4-9(2)11(15)8-14/h5,7,9,11H,3-4,6,8,14H2,1-2H3. The molecule has 1 aliphatic heterocycles. The first kappa shape index (κ1) is 12.2. The molecule has 0 radical (unpaired) electrons. The quantitative estimate of drug-likeness (QED) is 0.868. The molecule has 0 saturated carbocycles. The molecule has 4 nitrogen and oxygen atoms in total. The van der Waals surface area contributed by atoms with E-state index in [0.717, 1.165) is 25.1 Å². The van der Waals surface area contributed by atoms with Crippen molar-refractivity contribution in [2.24, 2.45) is 11.7 Å². The first-order valence-electron chi connectivity index (χ1n) is 6.26. The predicted octanol–water partition coefficient (Wildman–Crippen LogP) is 1.65. The van der Waals surface area contributed by atoms with Crippen LogP contribution in [0.25, 0.3) is 0 Å². The summed E-state index contributed by atoms with van der Waals surface area (Å²) < 4.78 is 5.31. The second-order valence-electron chi connectivity index (χ2n) is 4.68. The van der Waals surface area contributed by atoms with Crippen molar-refractivity contribution in [2.45, 2.75) is 32.7 Å². The van der Waals surface area contributed by atoms with Crippen LogP contribution in [0.4, 0.5) is 0 Å². The van der Waals surface area contributed by atoms with Gasteiger partial charge in [-0.3, -0.25) is 4.79 Å². The van der Waals surface area contributed by atoms with Crippen LogP contribution in [0.1, 0.15) is 36.4 Å². The lowest BCUT2D eigenvalue weighted by Gasteiger charge is -2.25. The predicted molar refractivity (Wildman–Crippen MR) is 65.7 cm³/mol. The summed E-state index contributed by atoms with van der Waals surface area (Å²) in [5, 5.41) is 0. The molecular weight excluding hydrogens is 216 g/mol. The molecule has 0 aliphatic carbocycles. The Morgan fingerprint density at radius 3 is 3.06 bits per heavy atom. The van der Waals surface area contributed by atoms with E-state index in [2.05, 4.69) is 6.92 Å². The van der Waals surface area contributed by atoms with E-state index >= 15 is 0 Å². The molecule has 2 atom stereocenters. The fourth-order valence-corrected chi connectivity index (χ4v) is 2.58. The van der Waals surface area contributed by atoms with E-state index in [1.54, 1.807) is 12.3 Å². The summed E-state index contributed by atoms with van der Waals surface area (Å²) in [7, 11) is 0. The third kappa shape index (κ3) is 2.09. The zero-order chi connectivity index (χ0) is 12.4. The summed E-state index contributed by atoms with van der Waals surface area (Å²) >= 11 is 0. The van der Waals surface area contributed by atoms with Gasteiger partial charge in [0.15, 0.2) is 0 Å². The highest BCUT2D eigenvalue weighted by Gasteiger charge is 2.34. The molecule has 2 rings (SSSR count). The molecule has 1 saturated heterocycles. The van der Waals surface area contributed by atoms with Crippen molar-refractivity contribution < 1.29 is 9.21 Å². The summed E-state index contributed by atoms with van der Waals surface area (Å²) in [5.41, 5.74) is 6.45. The Kier molecular flexibility index (Phi) is 3.52. The first-order valence-corrected chi connectivity index (χ1v) is 6.26. The highest BCUT2D eigenvalue weighted by molar-refractivity contribution is 5.95. The van der Waals surface area contributed by atoms with Gasteiger partial charge in [-0.05, 0) is 18.4 Å². The topological polar surface area (TPSA) is 59.5 Å². The number of aryl methyl sites for hydroxylation is 1. The van der Waals surface area contributed by atoms with Gasteiger partial charge in [-0.25, -0.2) is 0 Å². The molecule has 4 heteroatoms. The molecule has 94 valence electrons. The van der Waals surface area contributed by atoms with Crippen LogP contribution in [0.15, 0.2) is 16.7 Å². The van der Waals surface area contributed by atoms with E-state index < -0.39 is 0 Å². The van der Waals surface area contributed by atoms with Crippen molar-refractivity contribution in [2.75, 3.05) is 13.1 Å². The third-order valence-electron chi connectivity index (χ3n) is 3.68. The number of hydrogen-bond donors (Lipinski definition) is 1. The lowest BCUT2D eigenvalue weighted by Crippen LogP contribution is -2.42. The van der Waals surface area contributed by atoms with E-state index in [9.17, 15) is 4.79 Å². The Hall–Kier alpha value is -1.29. The monoisotopic (exact) mass is 236 g/mol. The van der Waals surface area contributed by atoms with Crippen LogP contribution in [-0.2, 0) is 6.42 Å². The Bertz CT molecular complexity index is 400. The molecule has 2 N–H and O–H groups in total. The number of carbonyl (C=O) groups excluding carboxylic acids is 1. The van der Waals surface area contributed by atoms with Crippen LogP contribution >= 0.6 is 0 Å². The molecule has 1 aromatic heterocycles. The molecule has 1 aliphatic rings. The average Bonchev–Trinajstić information content (AvgIpc) is 2.93. The number of carbonyl (C=O) groups is 1. The van der Waals surface area contributed by atoms with Crippen molar-refractivity contribution in [3.05, 3.63) is 23.7 Å². The Labute approximate surface area is 102 Å². The Morgan fingerprint density at radius 2 is 2.41 bits per heavy atom. The van der Waals surface area contributed by atoms with Crippen molar-refractivity contribution in [1.29, 1.82) is 0 Å². The summed E-state index contributed by atoms with van der Waals surface area (Å²) in [5.74, 6) is 1.32. The average molecular weight is 236 g/mol. The van der Waals surface area contributed by atoms with Gasteiger partial charge in [0.2, 0.25) is 0 Å². The molecule has 1 fully saturated rings. The van der Waals surface area contributed by atoms with E-state index in [0.29, 0.717) is 18.0 Å². The van der Waals surface area contributed by atoms with E-state index in [1.165, 1.54) is 0 Å². The SMILES string of the molecule is CCc1occc1C(=O)N1CCC(C)C1CN. The van der Waals surface area contributed by atoms with Gasteiger partial charge in [0, 0.05) is 25.6 Å². The van der Waals surface area contributed by atoms with Crippen LogP contribution in [0.2, 0.25) is 0 Å². The van der Waals surface area contributed by atoms with Crippen LogP contribution in [0.3, 0.4) is 0 Å². The third-order valence-corrected chi connectivity index (χ3v) is 3.68. The van der Waals surface area contributed by atoms with Gasteiger partial charge in [-0.15, -0.1) is 0 Å². The minimum atomic E-state index is 0.0652. The Morgan fingerprint density at radius 1 is 1.65 bits per heavy atom. The first-order chi connectivity index (χ1) is 8.19. The largest absolute Gasteiger partial charge is 0.469 e. The number of hydrogen-bond acceptors (Lipinski definition) is 3. The van der Waals surface area contributed by atoms with Gasteiger partial charge in [-0.1, -0.05) is 13.8 Å². The highest BCUT2D eigenvalue weighted by atomic mass is 16.3. The van der Waals surface area contributed by atoms with Crippen LogP contribution in [-0.4, -0.2) is 29.9 Å². The number of likely N-dealkylation sites (tertiary alicyclic amines) is 1. The second-order valence-corrected chi connectivity index (χ2v) is 4.68. The molecule has 1 amide bonds. The minimum Gasteiger partial charge on any atom is -0.469 e. The Balaban J connectivity index is 2.20. The number of amides is 1. The van der Waals surface area contributed by atoms with Gasteiger partial charge in [0.1, 0.15) is 5.76 Å². The number of nitrogens with two attached hydrogens (primary N) is 1. The van der Waals surface area contributed by atoms with Crippen molar-refractivity contribution in [3.63, 3.8) is 0 Å². The van der Waals surface area contributed by atoms with Crippen molar-refractivity contribution in [3.8, 4) is 0 Å². The maximum absolute atomic E-state index is 12.4. The summed E-state index contributed by atoms with van der Waals surface area (Å²) in [4.78, 5) is 14.3. The van der Waals surface area contributed by atoms with Gasteiger partial charge >= 0.3 is 0 Å². The lowest BCUT2D eigenvalue weighted by molar-refractivity contribution is 0.0725. The summed E-state index contributed by atoms with van der Waals surface area (Å²) in [6, 6.07) is 1.93. The van der Waals surface area contributed by atoms with Crippen LogP contribution in [0.5, 0.6) is 0 Å². The molecular formula is C13H20N2O2. The van der Waals surface area contributed by atoms with Crippen molar-refractivity contribution >= 4 is 5.91 Å². The van der Waals surface area contributed by atoms with Gasteiger partial charge in [0.25, 0.3) is 5.91 Å². The molecule has 2 unspecified atom stereocenters. The highest BCUT2D eigenvalue weighted by Crippen LogP contribution is 2.26. The summed E-state index contributed by atoms with van der Waals surface area (Å²) in [6.07, 6.45) is 3.36. The maximum Gasteiger partial charge on any atom is 0.257 e. The molecule has 0 spiro atoms. The molecule has 17 heavy (non-hydrogen) atoms. The second kappa shape index (κ2) is 4.92. The molecule has 1 aromatic rings. The minimum absolute atomic E-state index is 0.0652. The zero-order valence-corrected chi connectivity index (χ0v) is 10.5. The summed E-state index contributed by atoms with van der Waals surface area (Å²) in [6.45, 7) is 5.48. The fourth-order valence-electron chi connectivity index (χ4n) is 2.58. The van der Waals surface area contributed by atoms with E-state index in [4.69, 9.17) is 10.2 Å². The normalized spacial score (nSPS) is 24.3. The fraction of sp³-hybridized carbons (Fsp3) is 0.615. The van der Waals surface area contributed by atoms with Crippen LogP contribution < -0.4 is 5.73 Å². The van der Waals surface area contributed by atoms with Crippen molar-refractivity contribution in [1.82, 2.24) is 4.90 Å². The zero-order valence-electron chi connectivity index (χ0n) is 10.5. The molecule has 0 aromatic carbocycles. The smallest absolute Gasteiger partial charge is 0.257 e. The van der Waals surface area contributed by atoms with Gasteiger partial charge < -0.3 is 15.1 Å². The maximum atomic E-state index is 12.4. The number of nitrogens with zero attached hydrogens (tertiary/aromatic N) is 1. The lowest BCUT2D eigenvalue weighted by atomic mass is 10.0. The molecule has 2 heterocycles. The van der Waals surface area contributed by atoms with Gasteiger partial charge in [-0.2, -0.15) is 0 Å². The number of rotatable bonds is 3. The van der Waals surface area contributed by atoms with E-state index in [1.807, 2.05) is 11.8 Å². The molecule has 0 bridgehead atoms.